The summed E-state index contributed by atoms with van der Waals surface area (Å²) in [7, 11) is 1.61. The molecular formula is C19H24N4O3S. The molecule has 1 N–H and O–H groups in total. The molecule has 0 aliphatic carbocycles. The lowest BCUT2D eigenvalue weighted by Crippen LogP contribution is -2.37. The Bertz CT molecular complexity index is 781. The van der Waals surface area contributed by atoms with Gasteiger partial charge in [0.05, 0.1) is 13.2 Å². The van der Waals surface area contributed by atoms with Gasteiger partial charge in [-0.05, 0) is 31.5 Å². The molecule has 0 spiro atoms. The number of methoxy groups -OCH3 is 1. The van der Waals surface area contributed by atoms with Crippen molar-refractivity contribution < 1.29 is 14.3 Å². The molecule has 1 aromatic heterocycles. The summed E-state index contributed by atoms with van der Waals surface area (Å²) in [5.41, 5.74) is 1.47. The highest BCUT2D eigenvalue weighted by atomic mass is 32.1. The highest BCUT2D eigenvalue weighted by molar-refractivity contribution is 7.09. The summed E-state index contributed by atoms with van der Waals surface area (Å²) in [5.74, 6) is 0.122. The van der Waals surface area contributed by atoms with E-state index >= 15 is 0 Å². The van der Waals surface area contributed by atoms with Crippen molar-refractivity contribution in [3.8, 4) is 0 Å². The molecule has 2 aromatic rings. The topological polar surface area (TPSA) is 74.8 Å². The third-order valence-electron chi connectivity index (χ3n) is 4.52. The number of nitrogens with one attached hydrogen (secondary N) is 1. The van der Waals surface area contributed by atoms with Crippen LogP contribution in [0.4, 0.5) is 16.2 Å². The van der Waals surface area contributed by atoms with Crippen LogP contribution in [0, 0.1) is 0 Å². The van der Waals surface area contributed by atoms with E-state index in [0.717, 1.165) is 17.1 Å². The summed E-state index contributed by atoms with van der Waals surface area (Å²) < 4.78 is 5.12. The number of rotatable bonds is 7. The van der Waals surface area contributed by atoms with E-state index in [0.29, 0.717) is 31.8 Å². The van der Waals surface area contributed by atoms with Crippen molar-refractivity contribution in [3.05, 3.63) is 40.8 Å². The van der Waals surface area contributed by atoms with Gasteiger partial charge >= 0.3 is 6.03 Å². The zero-order chi connectivity index (χ0) is 19.2. The van der Waals surface area contributed by atoms with E-state index in [9.17, 15) is 9.59 Å². The molecular weight excluding hydrogens is 364 g/mol. The number of anilines is 2. The Morgan fingerprint density at radius 1 is 1.48 bits per heavy atom. The molecule has 144 valence electrons. The van der Waals surface area contributed by atoms with E-state index in [2.05, 4.69) is 10.3 Å². The second kappa shape index (κ2) is 8.96. The van der Waals surface area contributed by atoms with Crippen molar-refractivity contribution >= 4 is 34.6 Å². The van der Waals surface area contributed by atoms with Gasteiger partial charge in [0.2, 0.25) is 5.91 Å². The Balaban J connectivity index is 1.71. The molecule has 0 bridgehead atoms. The lowest BCUT2D eigenvalue weighted by molar-refractivity contribution is -0.117. The number of carbonyl (C=O) groups is 2. The van der Waals surface area contributed by atoms with Gasteiger partial charge < -0.3 is 19.9 Å². The number of urea groups is 1. The van der Waals surface area contributed by atoms with Crippen LogP contribution in [0.15, 0.2) is 35.8 Å². The lowest BCUT2D eigenvalue weighted by Gasteiger charge is -2.24. The Kier molecular flexibility index (Phi) is 6.41. The molecule has 3 rings (SSSR count). The summed E-state index contributed by atoms with van der Waals surface area (Å²) in [6.07, 6.45) is 3.15. The van der Waals surface area contributed by atoms with Crippen LogP contribution in [0.25, 0.3) is 0 Å². The Morgan fingerprint density at radius 2 is 2.33 bits per heavy atom. The molecule has 1 aliphatic rings. The molecule has 1 aliphatic heterocycles. The number of carbonyl (C=O) groups excluding carboxylic acids is 2. The standard InChI is InChI=1S/C19H24N4O3S/c1-14-6-7-18(24)23(14)16-5-3-4-15(12-16)21-19(25)22(9-10-26-2)13-17-20-8-11-27-17/h3-5,8,11-12,14H,6-7,9-10,13H2,1-2H3,(H,21,25)/t14-/m0/s1. The van der Waals surface area contributed by atoms with Gasteiger partial charge in [0.25, 0.3) is 0 Å². The Labute approximate surface area is 162 Å². The number of ether oxygens (including phenoxy) is 1. The molecule has 1 atom stereocenters. The average Bonchev–Trinajstić information content (AvgIpc) is 3.28. The van der Waals surface area contributed by atoms with Gasteiger partial charge in [-0.25, -0.2) is 9.78 Å². The summed E-state index contributed by atoms with van der Waals surface area (Å²) in [6, 6.07) is 7.36. The van der Waals surface area contributed by atoms with Gasteiger partial charge in [-0.2, -0.15) is 0 Å². The van der Waals surface area contributed by atoms with Gasteiger partial charge in [-0.3, -0.25) is 4.79 Å². The number of benzene rings is 1. The highest BCUT2D eigenvalue weighted by Gasteiger charge is 2.28. The fourth-order valence-corrected chi connectivity index (χ4v) is 3.74. The van der Waals surface area contributed by atoms with Gasteiger partial charge in [-0.15, -0.1) is 11.3 Å². The second-order valence-corrected chi connectivity index (χ2v) is 7.45. The first-order valence-electron chi connectivity index (χ1n) is 8.94. The molecule has 27 heavy (non-hydrogen) atoms. The van der Waals surface area contributed by atoms with Crippen molar-refractivity contribution in [2.24, 2.45) is 0 Å². The summed E-state index contributed by atoms with van der Waals surface area (Å²) >= 11 is 1.51. The number of aromatic nitrogens is 1. The normalized spacial score (nSPS) is 16.6. The fourth-order valence-electron chi connectivity index (χ4n) is 3.11. The van der Waals surface area contributed by atoms with E-state index in [4.69, 9.17) is 4.74 Å². The van der Waals surface area contributed by atoms with Crippen LogP contribution in [0.1, 0.15) is 24.8 Å². The number of hydrogen-bond acceptors (Lipinski definition) is 5. The van der Waals surface area contributed by atoms with E-state index in [1.54, 1.807) is 23.1 Å². The maximum Gasteiger partial charge on any atom is 0.322 e. The molecule has 8 heteroatoms. The third kappa shape index (κ3) is 4.84. The average molecular weight is 388 g/mol. The number of hydrogen-bond donors (Lipinski definition) is 1. The highest BCUT2D eigenvalue weighted by Crippen LogP contribution is 2.28. The fraction of sp³-hybridized carbons (Fsp3) is 0.421. The summed E-state index contributed by atoms with van der Waals surface area (Å²) in [5, 5.41) is 5.68. The van der Waals surface area contributed by atoms with E-state index in [-0.39, 0.29) is 18.0 Å². The minimum absolute atomic E-state index is 0.122. The van der Waals surface area contributed by atoms with Crippen LogP contribution in [0.5, 0.6) is 0 Å². The first-order chi connectivity index (χ1) is 13.1. The number of thiazole rings is 1. The summed E-state index contributed by atoms with van der Waals surface area (Å²) in [4.78, 5) is 32.6. The minimum Gasteiger partial charge on any atom is -0.383 e. The monoisotopic (exact) mass is 388 g/mol. The maximum absolute atomic E-state index is 12.8. The van der Waals surface area contributed by atoms with Gasteiger partial charge in [0, 0.05) is 49.1 Å². The van der Waals surface area contributed by atoms with Crippen LogP contribution >= 0.6 is 11.3 Å². The maximum atomic E-state index is 12.8. The van der Waals surface area contributed by atoms with Gasteiger partial charge in [0.1, 0.15) is 5.01 Å². The van der Waals surface area contributed by atoms with Crippen molar-refractivity contribution in [2.75, 3.05) is 30.5 Å². The second-order valence-electron chi connectivity index (χ2n) is 6.47. The van der Waals surface area contributed by atoms with Crippen LogP contribution in [-0.2, 0) is 16.1 Å². The van der Waals surface area contributed by atoms with E-state index < -0.39 is 0 Å². The summed E-state index contributed by atoms with van der Waals surface area (Å²) in [6.45, 7) is 3.37. The SMILES string of the molecule is COCCN(Cc1nccs1)C(=O)Nc1cccc(N2C(=O)CC[C@@H]2C)c1. The van der Waals surface area contributed by atoms with Crippen molar-refractivity contribution in [3.63, 3.8) is 0 Å². The first kappa shape index (κ1) is 19.3. The molecule has 1 saturated heterocycles. The number of nitrogens with zero attached hydrogens (tertiary/aromatic N) is 3. The zero-order valence-electron chi connectivity index (χ0n) is 15.6. The molecule has 3 amide bonds. The molecule has 0 saturated carbocycles. The number of amides is 3. The van der Waals surface area contributed by atoms with E-state index in [1.807, 2.05) is 36.6 Å². The zero-order valence-corrected chi connectivity index (χ0v) is 16.4. The molecule has 7 nitrogen and oxygen atoms in total. The quantitative estimate of drug-likeness (QED) is 0.789. The first-order valence-corrected chi connectivity index (χ1v) is 9.82. The molecule has 1 fully saturated rings. The van der Waals surface area contributed by atoms with Crippen LogP contribution in [-0.4, -0.2) is 48.1 Å². The largest absolute Gasteiger partial charge is 0.383 e. The van der Waals surface area contributed by atoms with Crippen LogP contribution in [0.2, 0.25) is 0 Å². The van der Waals surface area contributed by atoms with Crippen LogP contribution in [0.3, 0.4) is 0 Å². The van der Waals surface area contributed by atoms with E-state index in [1.165, 1.54) is 11.3 Å². The van der Waals surface area contributed by atoms with Crippen LogP contribution < -0.4 is 10.2 Å². The Hall–Kier alpha value is -2.45. The molecule has 2 heterocycles. The van der Waals surface area contributed by atoms with Gasteiger partial charge in [0.15, 0.2) is 0 Å². The molecule has 1 aromatic carbocycles. The minimum atomic E-state index is -0.222. The van der Waals surface area contributed by atoms with Crippen molar-refractivity contribution in [1.82, 2.24) is 9.88 Å². The van der Waals surface area contributed by atoms with Crippen molar-refractivity contribution in [2.45, 2.75) is 32.4 Å². The lowest BCUT2D eigenvalue weighted by atomic mass is 10.2. The predicted octanol–water partition coefficient (Wildman–Crippen LogP) is 3.34. The third-order valence-corrected chi connectivity index (χ3v) is 5.29. The molecule has 0 radical (unpaired) electrons. The Morgan fingerprint density at radius 3 is 3.00 bits per heavy atom. The smallest absolute Gasteiger partial charge is 0.322 e. The molecule has 0 unspecified atom stereocenters. The predicted molar refractivity (Wildman–Crippen MR) is 106 cm³/mol. The van der Waals surface area contributed by atoms with Crippen molar-refractivity contribution in [1.29, 1.82) is 0 Å². The van der Waals surface area contributed by atoms with Gasteiger partial charge in [-0.1, -0.05) is 6.07 Å².